The average molecular weight is 375 g/mol. The number of rotatable bonds is 5. The fraction of sp³-hybridized carbons (Fsp3) is 0.571. The zero-order valence-corrected chi connectivity index (χ0v) is 14.1. The lowest BCUT2D eigenvalue weighted by Crippen LogP contribution is -2.44. The number of likely N-dealkylation sites (tertiary alicyclic amines) is 1. The van der Waals surface area contributed by atoms with Crippen LogP contribution in [-0.4, -0.2) is 35.1 Å². The molecule has 0 atom stereocenters. The van der Waals surface area contributed by atoms with Crippen molar-refractivity contribution in [1.29, 1.82) is 0 Å². The van der Waals surface area contributed by atoms with E-state index in [1.165, 1.54) is 0 Å². The maximum Gasteiger partial charge on any atom is 0.317 e. The first-order chi connectivity index (χ1) is 10.0. The molecule has 0 radical (unpaired) electrons. The van der Waals surface area contributed by atoms with Crippen molar-refractivity contribution in [2.24, 2.45) is 5.92 Å². The van der Waals surface area contributed by atoms with E-state index >= 15 is 0 Å². The Balaban J connectivity index is 1.69. The number of carbonyl (C=O) groups is 2. The predicted octanol–water partition coefficient (Wildman–Crippen LogP) is 3.30. The molecule has 0 aliphatic carbocycles. The van der Waals surface area contributed by atoms with E-state index in [0.29, 0.717) is 32.0 Å². The van der Waals surface area contributed by atoms with Gasteiger partial charge in [0.1, 0.15) is 0 Å². The number of carboxylic acids is 1. The van der Waals surface area contributed by atoms with E-state index in [0.717, 1.165) is 22.2 Å². The number of hydrogen-bond donors (Lipinski definition) is 2. The summed E-state index contributed by atoms with van der Waals surface area (Å²) >= 11 is 5.00. The Morgan fingerprint density at radius 2 is 2.14 bits per heavy atom. The van der Waals surface area contributed by atoms with Crippen LogP contribution in [0.15, 0.2) is 15.9 Å². The first-order valence-corrected chi connectivity index (χ1v) is 8.69. The standard InChI is InChI=1S/C14H19BrN2O3S/c15-11-7-12(21-9-11)8-16-14(20)17-5-3-10(4-6-17)1-2-13(18)19/h7,9-10H,1-6,8H2,(H,16,20)(H,18,19). The molecule has 5 nitrogen and oxygen atoms in total. The maximum atomic E-state index is 12.1. The highest BCUT2D eigenvalue weighted by Crippen LogP contribution is 2.22. The third-order valence-electron chi connectivity index (χ3n) is 3.70. The summed E-state index contributed by atoms with van der Waals surface area (Å²) in [6, 6.07) is 1.97. The molecule has 2 N–H and O–H groups in total. The predicted molar refractivity (Wildman–Crippen MR) is 85.4 cm³/mol. The highest BCUT2D eigenvalue weighted by molar-refractivity contribution is 9.10. The molecule has 1 aliphatic heterocycles. The molecule has 116 valence electrons. The Bertz CT molecular complexity index is 498. The largest absolute Gasteiger partial charge is 0.481 e. The first kappa shape index (κ1) is 16.3. The van der Waals surface area contributed by atoms with Crippen molar-refractivity contribution in [3.63, 3.8) is 0 Å². The summed E-state index contributed by atoms with van der Waals surface area (Å²) < 4.78 is 1.04. The molecular formula is C14H19BrN2O3S. The minimum Gasteiger partial charge on any atom is -0.481 e. The van der Waals surface area contributed by atoms with Crippen LogP contribution in [0.3, 0.4) is 0 Å². The second-order valence-corrected chi connectivity index (χ2v) is 7.16. The van der Waals surface area contributed by atoms with Crippen molar-refractivity contribution in [3.8, 4) is 0 Å². The van der Waals surface area contributed by atoms with Crippen molar-refractivity contribution in [2.75, 3.05) is 13.1 Å². The van der Waals surface area contributed by atoms with Crippen LogP contribution < -0.4 is 5.32 Å². The van der Waals surface area contributed by atoms with Crippen LogP contribution in [0.25, 0.3) is 0 Å². The van der Waals surface area contributed by atoms with Crippen LogP contribution in [0.5, 0.6) is 0 Å². The van der Waals surface area contributed by atoms with Crippen molar-refractivity contribution >= 4 is 39.3 Å². The van der Waals surface area contributed by atoms with Crippen LogP contribution in [0.1, 0.15) is 30.6 Å². The van der Waals surface area contributed by atoms with Gasteiger partial charge in [-0.1, -0.05) is 0 Å². The smallest absolute Gasteiger partial charge is 0.317 e. The molecule has 0 saturated carbocycles. The summed E-state index contributed by atoms with van der Waals surface area (Å²) in [6.07, 6.45) is 2.73. The fourth-order valence-electron chi connectivity index (χ4n) is 2.47. The zero-order chi connectivity index (χ0) is 15.2. The van der Waals surface area contributed by atoms with Crippen molar-refractivity contribution in [3.05, 3.63) is 20.8 Å². The molecule has 0 unspecified atom stereocenters. The van der Waals surface area contributed by atoms with Gasteiger partial charge in [-0.15, -0.1) is 11.3 Å². The minimum atomic E-state index is -0.739. The van der Waals surface area contributed by atoms with Crippen molar-refractivity contribution in [2.45, 2.75) is 32.2 Å². The SMILES string of the molecule is O=C(O)CCC1CCN(C(=O)NCc2cc(Br)cs2)CC1. The minimum absolute atomic E-state index is 0.0313. The molecule has 0 aromatic carbocycles. The molecule has 21 heavy (non-hydrogen) atoms. The fourth-order valence-corrected chi connectivity index (χ4v) is 3.86. The van der Waals surface area contributed by atoms with Gasteiger partial charge in [0.25, 0.3) is 0 Å². The normalized spacial score (nSPS) is 16.0. The molecule has 2 amide bonds. The van der Waals surface area contributed by atoms with Crippen molar-refractivity contribution in [1.82, 2.24) is 10.2 Å². The lowest BCUT2D eigenvalue weighted by atomic mass is 9.92. The number of nitrogens with zero attached hydrogens (tertiary/aromatic N) is 1. The number of halogens is 1. The quantitative estimate of drug-likeness (QED) is 0.830. The van der Waals surface area contributed by atoms with Crippen LogP contribution in [0.2, 0.25) is 0 Å². The lowest BCUT2D eigenvalue weighted by molar-refractivity contribution is -0.137. The second-order valence-electron chi connectivity index (χ2n) is 5.25. The molecule has 1 aromatic heterocycles. The number of carboxylic acid groups (broad SMARTS) is 1. The van der Waals surface area contributed by atoms with Gasteiger partial charge in [0, 0.05) is 34.2 Å². The number of amides is 2. The van der Waals surface area contributed by atoms with Crippen LogP contribution in [0, 0.1) is 5.92 Å². The van der Waals surface area contributed by atoms with E-state index in [-0.39, 0.29) is 12.5 Å². The van der Waals surface area contributed by atoms with Crippen LogP contribution in [0.4, 0.5) is 4.79 Å². The lowest BCUT2D eigenvalue weighted by Gasteiger charge is -2.31. The summed E-state index contributed by atoms with van der Waals surface area (Å²) in [4.78, 5) is 25.6. The van der Waals surface area contributed by atoms with E-state index in [2.05, 4.69) is 21.2 Å². The maximum absolute atomic E-state index is 12.1. The Labute approximate surface area is 136 Å². The van der Waals surface area contributed by atoms with E-state index < -0.39 is 5.97 Å². The number of carbonyl (C=O) groups excluding carboxylic acids is 1. The second kappa shape index (κ2) is 7.79. The van der Waals surface area contributed by atoms with E-state index in [9.17, 15) is 9.59 Å². The molecular weight excluding hydrogens is 356 g/mol. The Morgan fingerprint density at radius 1 is 1.43 bits per heavy atom. The summed E-state index contributed by atoms with van der Waals surface area (Å²) in [5.74, 6) is -0.310. The molecule has 0 bridgehead atoms. The number of thiophene rings is 1. The van der Waals surface area contributed by atoms with E-state index in [4.69, 9.17) is 5.11 Å². The molecule has 1 aromatic rings. The molecule has 1 fully saturated rings. The van der Waals surface area contributed by atoms with Crippen LogP contribution in [-0.2, 0) is 11.3 Å². The number of aliphatic carboxylic acids is 1. The Hall–Kier alpha value is -1.08. The molecule has 2 rings (SSSR count). The van der Waals surface area contributed by atoms with Gasteiger partial charge < -0.3 is 15.3 Å². The molecule has 0 spiro atoms. The molecule has 1 saturated heterocycles. The van der Waals surface area contributed by atoms with Crippen molar-refractivity contribution < 1.29 is 14.7 Å². The topological polar surface area (TPSA) is 69.6 Å². The molecule has 7 heteroatoms. The monoisotopic (exact) mass is 374 g/mol. The highest BCUT2D eigenvalue weighted by Gasteiger charge is 2.22. The molecule has 1 aliphatic rings. The van der Waals surface area contributed by atoms with Gasteiger partial charge in [-0.25, -0.2) is 4.79 Å². The summed E-state index contributed by atoms with van der Waals surface area (Å²) in [5.41, 5.74) is 0. The van der Waals surface area contributed by atoms with Crippen LogP contribution >= 0.6 is 27.3 Å². The number of nitrogens with one attached hydrogen (secondary N) is 1. The van der Waals surface area contributed by atoms with Gasteiger partial charge in [-0.2, -0.15) is 0 Å². The molecule has 2 heterocycles. The van der Waals surface area contributed by atoms with E-state index in [1.807, 2.05) is 16.3 Å². The van der Waals surface area contributed by atoms with Gasteiger partial charge in [0.2, 0.25) is 0 Å². The number of hydrogen-bond acceptors (Lipinski definition) is 3. The van der Waals surface area contributed by atoms with Gasteiger partial charge in [0.15, 0.2) is 0 Å². The third-order valence-corrected chi connectivity index (χ3v) is 5.40. The summed E-state index contributed by atoms with van der Waals surface area (Å²) in [6.45, 7) is 1.97. The summed E-state index contributed by atoms with van der Waals surface area (Å²) in [5, 5.41) is 13.6. The van der Waals surface area contributed by atoms with Gasteiger partial charge in [-0.3, -0.25) is 4.79 Å². The number of piperidine rings is 1. The highest BCUT2D eigenvalue weighted by atomic mass is 79.9. The van der Waals surface area contributed by atoms with Gasteiger partial charge in [-0.05, 0) is 47.2 Å². The van der Waals surface area contributed by atoms with Gasteiger partial charge >= 0.3 is 12.0 Å². The van der Waals surface area contributed by atoms with E-state index in [1.54, 1.807) is 11.3 Å². The summed E-state index contributed by atoms with van der Waals surface area (Å²) in [7, 11) is 0. The first-order valence-electron chi connectivity index (χ1n) is 7.02. The average Bonchev–Trinajstić information content (AvgIpc) is 2.89. The Kier molecular flexibility index (Phi) is 6.05. The Morgan fingerprint density at radius 3 is 2.71 bits per heavy atom. The zero-order valence-electron chi connectivity index (χ0n) is 11.7. The number of urea groups is 1. The third kappa shape index (κ3) is 5.32. The van der Waals surface area contributed by atoms with Gasteiger partial charge in [0.05, 0.1) is 6.54 Å².